The molecule has 1 N–H and O–H groups in total. The van der Waals surface area contributed by atoms with Crippen LogP contribution in [0.2, 0.25) is 5.02 Å². The summed E-state index contributed by atoms with van der Waals surface area (Å²) in [5.41, 5.74) is 0.693. The number of rotatable bonds is 10. The SMILES string of the molecule is C=CCN(c1ccc(Cl)cc1)S(=O)(=O)c1cccc(C(=O)NCCCN2CCCC2=O)c1. The zero-order valence-corrected chi connectivity index (χ0v) is 19.2. The van der Waals surface area contributed by atoms with Crippen LogP contribution in [0.15, 0.2) is 66.1 Å². The summed E-state index contributed by atoms with van der Waals surface area (Å²) in [5.74, 6) is -0.212. The summed E-state index contributed by atoms with van der Waals surface area (Å²) in [4.78, 5) is 26.0. The van der Waals surface area contributed by atoms with E-state index >= 15 is 0 Å². The Hall–Kier alpha value is -2.84. The van der Waals surface area contributed by atoms with Gasteiger partial charge in [0.2, 0.25) is 5.91 Å². The van der Waals surface area contributed by atoms with Crippen molar-refractivity contribution < 1.29 is 18.0 Å². The van der Waals surface area contributed by atoms with Crippen molar-refractivity contribution in [1.29, 1.82) is 0 Å². The maximum absolute atomic E-state index is 13.3. The van der Waals surface area contributed by atoms with E-state index in [1.54, 1.807) is 41.3 Å². The van der Waals surface area contributed by atoms with E-state index < -0.39 is 10.0 Å². The van der Waals surface area contributed by atoms with Gasteiger partial charge < -0.3 is 10.2 Å². The molecule has 0 unspecified atom stereocenters. The molecule has 0 aliphatic carbocycles. The van der Waals surface area contributed by atoms with Crippen LogP contribution in [0.1, 0.15) is 29.6 Å². The number of nitrogens with zero attached hydrogens (tertiary/aromatic N) is 2. The Morgan fingerprint density at radius 1 is 1.22 bits per heavy atom. The van der Waals surface area contributed by atoms with Crippen molar-refractivity contribution in [3.05, 3.63) is 71.8 Å². The highest BCUT2D eigenvalue weighted by Gasteiger charge is 2.25. The minimum atomic E-state index is -3.93. The number of hydrogen-bond donors (Lipinski definition) is 1. The number of halogens is 1. The second-order valence-corrected chi connectivity index (χ2v) is 9.72. The molecule has 2 amide bonds. The van der Waals surface area contributed by atoms with E-state index in [4.69, 9.17) is 11.6 Å². The van der Waals surface area contributed by atoms with Gasteiger partial charge in [-0.3, -0.25) is 13.9 Å². The average molecular weight is 476 g/mol. The summed E-state index contributed by atoms with van der Waals surface area (Å²) in [7, 11) is -3.93. The second-order valence-electron chi connectivity index (χ2n) is 7.42. The third kappa shape index (κ3) is 5.69. The fourth-order valence-electron chi connectivity index (χ4n) is 3.51. The van der Waals surface area contributed by atoms with Crippen LogP contribution in [0.25, 0.3) is 0 Å². The smallest absolute Gasteiger partial charge is 0.264 e. The van der Waals surface area contributed by atoms with E-state index in [0.717, 1.165) is 13.0 Å². The maximum atomic E-state index is 13.3. The molecular weight excluding hydrogens is 450 g/mol. The number of nitrogens with one attached hydrogen (secondary N) is 1. The first-order valence-electron chi connectivity index (χ1n) is 10.4. The summed E-state index contributed by atoms with van der Waals surface area (Å²) in [6, 6.07) is 12.4. The highest BCUT2D eigenvalue weighted by molar-refractivity contribution is 7.92. The summed E-state index contributed by atoms with van der Waals surface area (Å²) in [6.45, 7) is 5.48. The standard InChI is InChI=1S/C23H26ClN3O4S/c1-2-14-27(20-11-9-19(24)10-12-20)32(30,31)21-7-3-6-18(17-21)23(29)25-13-5-16-26-15-4-8-22(26)28/h2-3,6-7,9-12,17H,1,4-5,8,13-16H2,(H,25,29). The normalized spacial score (nSPS) is 13.8. The molecule has 0 saturated carbocycles. The van der Waals surface area contributed by atoms with Crippen molar-refractivity contribution in [3.63, 3.8) is 0 Å². The first kappa shape index (κ1) is 23.8. The lowest BCUT2D eigenvalue weighted by atomic mass is 10.2. The van der Waals surface area contributed by atoms with Crippen molar-refractivity contribution in [2.45, 2.75) is 24.2 Å². The molecule has 1 aliphatic heterocycles. The summed E-state index contributed by atoms with van der Waals surface area (Å²) < 4.78 is 27.8. The van der Waals surface area contributed by atoms with Crippen molar-refractivity contribution in [3.8, 4) is 0 Å². The lowest BCUT2D eigenvalue weighted by Gasteiger charge is -2.23. The Kier molecular flexibility index (Phi) is 7.93. The molecule has 0 aromatic heterocycles. The molecule has 3 rings (SSSR count). The van der Waals surface area contributed by atoms with Crippen LogP contribution in [0.4, 0.5) is 5.69 Å². The lowest BCUT2D eigenvalue weighted by Crippen LogP contribution is -2.32. The number of anilines is 1. The van der Waals surface area contributed by atoms with Gasteiger partial charge in [0, 0.05) is 36.6 Å². The van der Waals surface area contributed by atoms with Crippen molar-refractivity contribution >= 4 is 39.1 Å². The molecule has 1 saturated heterocycles. The highest BCUT2D eigenvalue weighted by atomic mass is 35.5. The van der Waals surface area contributed by atoms with Gasteiger partial charge in [0.05, 0.1) is 17.1 Å². The molecule has 170 valence electrons. The van der Waals surface area contributed by atoms with Gasteiger partial charge in [0.25, 0.3) is 15.9 Å². The van der Waals surface area contributed by atoms with E-state index in [0.29, 0.717) is 36.6 Å². The predicted molar refractivity (Wildman–Crippen MR) is 125 cm³/mol. The van der Waals surface area contributed by atoms with Crippen LogP contribution in [-0.2, 0) is 14.8 Å². The summed E-state index contributed by atoms with van der Waals surface area (Å²) in [6.07, 6.45) is 3.60. The molecular formula is C23H26ClN3O4S. The average Bonchev–Trinajstić information content (AvgIpc) is 3.20. The topological polar surface area (TPSA) is 86.8 Å². The van der Waals surface area contributed by atoms with Gasteiger partial charge in [0.15, 0.2) is 0 Å². The summed E-state index contributed by atoms with van der Waals surface area (Å²) >= 11 is 5.92. The molecule has 1 fully saturated rings. The highest BCUT2D eigenvalue weighted by Crippen LogP contribution is 2.25. The number of sulfonamides is 1. The molecule has 0 radical (unpaired) electrons. The minimum absolute atomic E-state index is 0.00427. The van der Waals surface area contributed by atoms with Crippen LogP contribution in [0, 0.1) is 0 Å². The number of benzene rings is 2. The van der Waals surface area contributed by atoms with Gasteiger partial charge in [-0.2, -0.15) is 0 Å². The summed E-state index contributed by atoms with van der Waals surface area (Å²) in [5, 5.41) is 3.29. The Morgan fingerprint density at radius 2 is 1.97 bits per heavy atom. The fraction of sp³-hybridized carbons (Fsp3) is 0.304. The van der Waals surface area contributed by atoms with E-state index in [1.165, 1.54) is 22.5 Å². The van der Waals surface area contributed by atoms with E-state index in [9.17, 15) is 18.0 Å². The third-order valence-electron chi connectivity index (χ3n) is 5.16. The number of amides is 2. The molecule has 0 bridgehead atoms. The van der Waals surface area contributed by atoms with Gasteiger partial charge in [-0.05, 0) is 55.3 Å². The quantitative estimate of drug-likeness (QED) is 0.421. The minimum Gasteiger partial charge on any atom is -0.352 e. The van der Waals surface area contributed by atoms with Gasteiger partial charge in [-0.25, -0.2) is 8.42 Å². The first-order valence-corrected chi connectivity index (χ1v) is 12.2. The number of hydrogen-bond acceptors (Lipinski definition) is 4. The molecule has 2 aromatic rings. The van der Waals surface area contributed by atoms with Crippen molar-refractivity contribution in [2.75, 3.05) is 30.5 Å². The zero-order valence-electron chi connectivity index (χ0n) is 17.7. The molecule has 0 spiro atoms. The first-order chi connectivity index (χ1) is 15.3. The predicted octanol–water partition coefficient (Wildman–Crippen LogP) is 3.46. The van der Waals surface area contributed by atoms with Crippen molar-refractivity contribution in [2.24, 2.45) is 0 Å². The molecule has 1 aliphatic rings. The zero-order chi connectivity index (χ0) is 23.1. The number of likely N-dealkylation sites (tertiary alicyclic amines) is 1. The van der Waals surface area contributed by atoms with Gasteiger partial charge >= 0.3 is 0 Å². The van der Waals surface area contributed by atoms with Gasteiger partial charge in [-0.15, -0.1) is 6.58 Å². The van der Waals surface area contributed by atoms with Gasteiger partial charge in [-0.1, -0.05) is 23.7 Å². The maximum Gasteiger partial charge on any atom is 0.264 e. The molecule has 1 heterocycles. The monoisotopic (exact) mass is 475 g/mol. The van der Waals surface area contributed by atoms with E-state index in [-0.39, 0.29) is 28.8 Å². The second kappa shape index (κ2) is 10.7. The lowest BCUT2D eigenvalue weighted by molar-refractivity contribution is -0.127. The molecule has 9 heteroatoms. The van der Waals surface area contributed by atoms with Crippen LogP contribution < -0.4 is 9.62 Å². The van der Waals surface area contributed by atoms with Crippen LogP contribution in [0.5, 0.6) is 0 Å². The van der Waals surface area contributed by atoms with Crippen molar-refractivity contribution in [1.82, 2.24) is 10.2 Å². The Morgan fingerprint density at radius 3 is 2.62 bits per heavy atom. The van der Waals surface area contributed by atoms with Crippen LogP contribution in [0.3, 0.4) is 0 Å². The third-order valence-corrected chi connectivity index (χ3v) is 7.20. The largest absolute Gasteiger partial charge is 0.352 e. The molecule has 2 aromatic carbocycles. The van der Waals surface area contributed by atoms with E-state index in [2.05, 4.69) is 11.9 Å². The molecule has 7 nitrogen and oxygen atoms in total. The number of carbonyl (C=O) groups is 2. The molecule has 32 heavy (non-hydrogen) atoms. The number of carbonyl (C=O) groups excluding carboxylic acids is 2. The Balaban J connectivity index is 1.70. The van der Waals surface area contributed by atoms with Crippen LogP contribution in [-0.4, -0.2) is 51.3 Å². The molecule has 0 atom stereocenters. The van der Waals surface area contributed by atoms with E-state index in [1.807, 2.05) is 0 Å². The fourth-order valence-corrected chi connectivity index (χ4v) is 5.11. The Labute approximate surface area is 193 Å². The van der Waals surface area contributed by atoms with Crippen LogP contribution >= 0.6 is 11.6 Å². The van der Waals surface area contributed by atoms with Gasteiger partial charge in [0.1, 0.15) is 0 Å². The Bertz CT molecular complexity index is 1090.